The largest absolute Gasteiger partial charge is 0.315 e. The van der Waals surface area contributed by atoms with E-state index in [1.165, 1.54) is 58.3 Å². The average molecular weight is 196 g/mol. The summed E-state index contributed by atoms with van der Waals surface area (Å²) in [5, 5.41) is 3.53. The van der Waals surface area contributed by atoms with Crippen LogP contribution in [-0.4, -0.2) is 37.1 Å². The highest BCUT2D eigenvalue weighted by molar-refractivity contribution is 4.91. The van der Waals surface area contributed by atoms with E-state index in [1.807, 2.05) is 0 Å². The van der Waals surface area contributed by atoms with E-state index in [0.29, 0.717) is 0 Å². The van der Waals surface area contributed by atoms with Gasteiger partial charge in [-0.2, -0.15) is 0 Å². The summed E-state index contributed by atoms with van der Waals surface area (Å²) in [7, 11) is 0. The molecule has 1 aliphatic heterocycles. The van der Waals surface area contributed by atoms with E-state index in [1.54, 1.807) is 0 Å². The van der Waals surface area contributed by atoms with Crippen LogP contribution in [0.5, 0.6) is 0 Å². The maximum Gasteiger partial charge on any atom is 0.0110 e. The van der Waals surface area contributed by atoms with E-state index in [4.69, 9.17) is 0 Å². The van der Waals surface area contributed by atoms with Crippen molar-refractivity contribution in [1.29, 1.82) is 0 Å². The Bertz CT molecular complexity index is 170. The fraction of sp³-hybridized carbons (Fsp3) is 1.00. The second-order valence-corrected chi connectivity index (χ2v) is 4.93. The highest BCUT2D eigenvalue weighted by Crippen LogP contribution is 2.36. The maximum absolute atomic E-state index is 3.53. The lowest BCUT2D eigenvalue weighted by Gasteiger charge is -2.26. The van der Waals surface area contributed by atoms with Gasteiger partial charge in [0, 0.05) is 25.7 Å². The standard InChI is InChI=1S/C12H24N2/c1-2-3-6-13-7-8-14-10-11-4-5-12(14)9-11/h11-13H,2-10H2,1H3. The summed E-state index contributed by atoms with van der Waals surface area (Å²) in [6.45, 7) is 7.33. The van der Waals surface area contributed by atoms with Crippen molar-refractivity contribution < 1.29 is 0 Å². The molecule has 14 heavy (non-hydrogen) atoms. The minimum atomic E-state index is 0.952. The molecule has 0 spiro atoms. The number of nitrogens with zero attached hydrogens (tertiary/aromatic N) is 1. The first-order chi connectivity index (χ1) is 6.90. The van der Waals surface area contributed by atoms with Gasteiger partial charge in [0.15, 0.2) is 0 Å². The van der Waals surface area contributed by atoms with Crippen molar-refractivity contribution in [2.24, 2.45) is 5.92 Å². The zero-order valence-corrected chi connectivity index (χ0v) is 9.47. The van der Waals surface area contributed by atoms with Crippen LogP contribution in [0.15, 0.2) is 0 Å². The molecule has 2 heteroatoms. The van der Waals surface area contributed by atoms with E-state index in [9.17, 15) is 0 Å². The molecule has 1 N–H and O–H groups in total. The fourth-order valence-corrected chi connectivity index (χ4v) is 2.95. The molecule has 82 valence electrons. The third-order valence-corrected chi connectivity index (χ3v) is 3.81. The summed E-state index contributed by atoms with van der Waals surface area (Å²) in [5.41, 5.74) is 0. The van der Waals surface area contributed by atoms with Gasteiger partial charge in [0.2, 0.25) is 0 Å². The predicted molar refractivity (Wildman–Crippen MR) is 60.5 cm³/mol. The van der Waals surface area contributed by atoms with Crippen molar-refractivity contribution in [3.05, 3.63) is 0 Å². The van der Waals surface area contributed by atoms with Crippen LogP contribution in [-0.2, 0) is 0 Å². The zero-order valence-electron chi connectivity index (χ0n) is 9.47. The van der Waals surface area contributed by atoms with Crippen molar-refractivity contribution in [3.63, 3.8) is 0 Å². The van der Waals surface area contributed by atoms with E-state index < -0.39 is 0 Å². The Morgan fingerprint density at radius 2 is 2.21 bits per heavy atom. The lowest BCUT2D eigenvalue weighted by atomic mass is 10.1. The lowest BCUT2D eigenvalue weighted by molar-refractivity contribution is 0.214. The number of piperidine rings is 1. The molecule has 2 atom stereocenters. The van der Waals surface area contributed by atoms with Gasteiger partial charge >= 0.3 is 0 Å². The minimum Gasteiger partial charge on any atom is -0.315 e. The van der Waals surface area contributed by atoms with Crippen molar-refractivity contribution in [1.82, 2.24) is 10.2 Å². The topological polar surface area (TPSA) is 15.3 Å². The molecule has 0 amide bonds. The smallest absolute Gasteiger partial charge is 0.0110 e. The monoisotopic (exact) mass is 196 g/mol. The van der Waals surface area contributed by atoms with Gasteiger partial charge in [0.05, 0.1) is 0 Å². The minimum absolute atomic E-state index is 0.952. The first-order valence-corrected chi connectivity index (χ1v) is 6.35. The summed E-state index contributed by atoms with van der Waals surface area (Å²) >= 11 is 0. The maximum atomic E-state index is 3.53. The second kappa shape index (κ2) is 5.13. The van der Waals surface area contributed by atoms with Crippen molar-refractivity contribution in [2.75, 3.05) is 26.2 Å². The molecule has 0 aromatic carbocycles. The van der Waals surface area contributed by atoms with Gasteiger partial charge in [0.1, 0.15) is 0 Å². The second-order valence-electron chi connectivity index (χ2n) is 4.93. The third kappa shape index (κ3) is 2.48. The van der Waals surface area contributed by atoms with Crippen molar-refractivity contribution >= 4 is 0 Å². The van der Waals surface area contributed by atoms with Gasteiger partial charge in [-0.05, 0) is 38.1 Å². The molecule has 0 radical (unpaired) electrons. The predicted octanol–water partition coefficient (Wildman–Crippen LogP) is 1.86. The summed E-state index contributed by atoms with van der Waals surface area (Å²) < 4.78 is 0. The van der Waals surface area contributed by atoms with Gasteiger partial charge in [0.25, 0.3) is 0 Å². The summed E-state index contributed by atoms with van der Waals surface area (Å²) in [4.78, 5) is 2.70. The summed E-state index contributed by atoms with van der Waals surface area (Å²) in [5.74, 6) is 1.05. The molecule has 1 saturated heterocycles. The first-order valence-electron chi connectivity index (χ1n) is 6.35. The Morgan fingerprint density at radius 1 is 1.29 bits per heavy atom. The zero-order chi connectivity index (χ0) is 9.80. The SMILES string of the molecule is CCCCNCCN1CC2CCC1C2. The van der Waals surface area contributed by atoms with Crippen LogP contribution in [0, 0.1) is 5.92 Å². The molecule has 1 heterocycles. The van der Waals surface area contributed by atoms with E-state index in [2.05, 4.69) is 17.1 Å². The van der Waals surface area contributed by atoms with Crippen LogP contribution in [0.25, 0.3) is 0 Å². The van der Waals surface area contributed by atoms with Gasteiger partial charge in [-0.15, -0.1) is 0 Å². The molecule has 2 bridgehead atoms. The van der Waals surface area contributed by atoms with Crippen LogP contribution in [0.4, 0.5) is 0 Å². The molecule has 2 rings (SSSR count). The molecule has 2 nitrogen and oxygen atoms in total. The molecular formula is C12H24N2. The lowest BCUT2D eigenvalue weighted by Crippen LogP contribution is -2.37. The molecule has 0 aromatic rings. The van der Waals surface area contributed by atoms with E-state index in [-0.39, 0.29) is 0 Å². The van der Waals surface area contributed by atoms with Gasteiger partial charge in [-0.25, -0.2) is 0 Å². The normalized spacial score (nSPS) is 31.5. The van der Waals surface area contributed by atoms with E-state index in [0.717, 1.165) is 12.0 Å². The first kappa shape index (κ1) is 10.4. The summed E-state index contributed by atoms with van der Waals surface area (Å²) in [6, 6.07) is 0.952. The highest BCUT2D eigenvalue weighted by Gasteiger charge is 2.36. The van der Waals surface area contributed by atoms with E-state index >= 15 is 0 Å². The number of nitrogens with one attached hydrogen (secondary N) is 1. The Hall–Kier alpha value is -0.0800. The van der Waals surface area contributed by atoms with Gasteiger partial charge < -0.3 is 5.32 Å². The summed E-state index contributed by atoms with van der Waals surface area (Å²) in [6.07, 6.45) is 7.10. The number of hydrogen-bond acceptors (Lipinski definition) is 2. The number of rotatable bonds is 6. The quantitative estimate of drug-likeness (QED) is 0.652. The number of likely N-dealkylation sites (tertiary alicyclic amines) is 1. The number of hydrogen-bond donors (Lipinski definition) is 1. The molecule has 2 fully saturated rings. The number of unbranched alkanes of at least 4 members (excludes halogenated alkanes) is 1. The molecule has 2 unspecified atom stereocenters. The molecule has 1 saturated carbocycles. The molecule has 2 aliphatic rings. The number of fused-ring (bicyclic) bond motifs is 2. The van der Waals surface area contributed by atoms with Crippen LogP contribution >= 0.6 is 0 Å². The Labute approximate surface area is 88.1 Å². The van der Waals surface area contributed by atoms with Crippen LogP contribution in [0.1, 0.15) is 39.0 Å². The average Bonchev–Trinajstić information content (AvgIpc) is 2.79. The van der Waals surface area contributed by atoms with Gasteiger partial charge in [-0.3, -0.25) is 4.90 Å². The van der Waals surface area contributed by atoms with Crippen molar-refractivity contribution in [2.45, 2.75) is 45.1 Å². The van der Waals surface area contributed by atoms with Gasteiger partial charge in [-0.1, -0.05) is 13.3 Å². The van der Waals surface area contributed by atoms with Crippen LogP contribution < -0.4 is 5.32 Å². The van der Waals surface area contributed by atoms with Crippen molar-refractivity contribution in [3.8, 4) is 0 Å². The van der Waals surface area contributed by atoms with Crippen LogP contribution in [0.3, 0.4) is 0 Å². The molecule has 1 aliphatic carbocycles. The van der Waals surface area contributed by atoms with Crippen LogP contribution in [0.2, 0.25) is 0 Å². The Morgan fingerprint density at radius 3 is 2.86 bits per heavy atom. The third-order valence-electron chi connectivity index (χ3n) is 3.81. The highest BCUT2D eigenvalue weighted by atomic mass is 15.2. The Balaban J connectivity index is 1.54. The molecule has 0 aromatic heterocycles. The fourth-order valence-electron chi connectivity index (χ4n) is 2.95. The molecular weight excluding hydrogens is 172 g/mol. The Kier molecular flexibility index (Phi) is 3.82.